The molecule has 0 saturated carbocycles. The number of hydrogen-bond donors (Lipinski definition) is 1. The third-order valence-electron chi connectivity index (χ3n) is 4.04. The number of para-hydroxylation sites is 2. The van der Waals surface area contributed by atoms with Crippen LogP contribution in [0, 0.1) is 6.92 Å². The van der Waals surface area contributed by atoms with Crippen molar-refractivity contribution < 1.29 is 0 Å². The molecule has 0 aliphatic carbocycles. The number of thioether (sulfide) groups is 1. The van der Waals surface area contributed by atoms with Crippen molar-refractivity contribution in [1.82, 2.24) is 9.97 Å². The van der Waals surface area contributed by atoms with Crippen LogP contribution < -0.4 is 5.32 Å². The van der Waals surface area contributed by atoms with Gasteiger partial charge in [0, 0.05) is 11.3 Å². The van der Waals surface area contributed by atoms with Crippen molar-refractivity contribution in [1.29, 1.82) is 0 Å². The number of anilines is 1. The predicted octanol–water partition coefficient (Wildman–Crippen LogP) is 4.27. The first kappa shape index (κ1) is 15.1. The number of nitrogens with one attached hydrogen (secondary N) is 1. The molecule has 2 aromatic rings. The van der Waals surface area contributed by atoms with Gasteiger partial charge in [-0.3, -0.25) is 0 Å². The summed E-state index contributed by atoms with van der Waals surface area (Å²) in [5.41, 5.74) is 2.87. The van der Waals surface area contributed by atoms with Crippen LogP contribution >= 0.6 is 11.8 Å². The van der Waals surface area contributed by atoms with E-state index in [-0.39, 0.29) is 4.75 Å². The van der Waals surface area contributed by atoms with E-state index in [1.54, 1.807) is 0 Å². The first-order valence-corrected chi connectivity index (χ1v) is 8.39. The van der Waals surface area contributed by atoms with E-state index in [2.05, 4.69) is 30.4 Å². The summed E-state index contributed by atoms with van der Waals surface area (Å²) in [5.74, 6) is 0.907. The predicted molar refractivity (Wildman–Crippen MR) is 89.6 cm³/mol. The lowest BCUT2D eigenvalue weighted by molar-refractivity contribution is 0.573. The fourth-order valence-electron chi connectivity index (χ4n) is 2.36. The minimum atomic E-state index is 0.278. The normalized spacial score (nSPS) is 11.8. The molecule has 0 radical (unpaired) electrons. The van der Waals surface area contributed by atoms with E-state index in [1.165, 1.54) is 0 Å². The molecule has 0 aliphatic rings. The highest BCUT2D eigenvalue weighted by molar-refractivity contribution is 8.00. The van der Waals surface area contributed by atoms with Crippen LogP contribution in [0.3, 0.4) is 0 Å². The van der Waals surface area contributed by atoms with Crippen LogP contribution in [0.4, 0.5) is 5.82 Å². The molecule has 108 valence electrons. The van der Waals surface area contributed by atoms with Gasteiger partial charge in [0.1, 0.15) is 5.82 Å². The quantitative estimate of drug-likeness (QED) is 0.861. The summed E-state index contributed by atoms with van der Waals surface area (Å²) in [5, 5.41) is 3.50. The summed E-state index contributed by atoms with van der Waals surface area (Å²) in [6.45, 7) is 7.44. The zero-order valence-corrected chi connectivity index (χ0v) is 13.5. The van der Waals surface area contributed by atoms with E-state index in [9.17, 15) is 0 Å². The first-order chi connectivity index (χ1) is 9.64. The van der Waals surface area contributed by atoms with Crippen LogP contribution in [-0.4, -0.2) is 27.5 Å². The van der Waals surface area contributed by atoms with Gasteiger partial charge in [-0.25, -0.2) is 9.97 Å². The number of rotatable bonds is 6. The van der Waals surface area contributed by atoms with E-state index in [1.807, 2.05) is 43.0 Å². The largest absolute Gasteiger partial charge is 0.367 e. The molecule has 20 heavy (non-hydrogen) atoms. The van der Waals surface area contributed by atoms with Crippen molar-refractivity contribution in [2.24, 2.45) is 0 Å². The minimum absolute atomic E-state index is 0.278. The standard InChI is InChI=1S/C16H23N3S/c1-5-16(6-2,20-4)11-17-15-12(3)18-13-9-7-8-10-14(13)19-15/h7-10H,5-6,11H2,1-4H3,(H,17,19). The van der Waals surface area contributed by atoms with Gasteiger partial charge in [0.15, 0.2) is 0 Å². The van der Waals surface area contributed by atoms with Crippen molar-refractivity contribution in [3.05, 3.63) is 30.0 Å². The Morgan fingerprint density at radius 1 is 1.10 bits per heavy atom. The summed E-state index contributed by atoms with van der Waals surface area (Å²) >= 11 is 1.94. The maximum atomic E-state index is 4.70. The smallest absolute Gasteiger partial charge is 0.148 e. The molecule has 0 amide bonds. The van der Waals surface area contributed by atoms with Crippen LogP contribution in [0.5, 0.6) is 0 Å². The van der Waals surface area contributed by atoms with Gasteiger partial charge < -0.3 is 5.32 Å². The number of aromatic nitrogens is 2. The third-order valence-corrected chi connectivity index (χ3v) is 5.63. The minimum Gasteiger partial charge on any atom is -0.367 e. The van der Waals surface area contributed by atoms with Gasteiger partial charge >= 0.3 is 0 Å². The third kappa shape index (κ3) is 3.06. The van der Waals surface area contributed by atoms with Gasteiger partial charge in [0.2, 0.25) is 0 Å². The molecule has 1 aromatic heterocycles. The van der Waals surface area contributed by atoms with Crippen LogP contribution in [0.1, 0.15) is 32.4 Å². The molecule has 0 aliphatic heterocycles. The lowest BCUT2D eigenvalue weighted by atomic mass is 10.0. The molecule has 2 rings (SSSR count). The second kappa shape index (κ2) is 6.44. The number of hydrogen-bond acceptors (Lipinski definition) is 4. The number of fused-ring (bicyclic) bond motifs is 1. The van der Waals surface area contributed by atoms with Crippen molar-refractivity contribution >= 4 is 28.6 Å². The monoisotopic (exact) mass is 289 g/mol. The van der Waals surface area contributed by atoms with Crippen LogP contribution in [0.25, 0.3) is 11.0 Å². The average Bonchev–Trinajstić information content (AvgIpc) is 2.49. The van der Waals surface area contributed by atoms with Crippen LogP contribution in [0.15, 0.2) is 24.3 Å². The molecule has 0 atom stereocenters. The summed E-state index contributed by atoms with van der Waals surface area (Å²) in [7, 11) is 0. The Morgan fingerprint density at radius 2 is 1.70 bits per heavy atom. The molecule has 0 saturated heterocycles. The van der Waals surface area contributed by atoms with Crippen molar-refractivity contribution in [3.8, 4) is 0 Å². The summed E-state index contributed by atoms with van der Waals surface area (Å²) in [6, 6.07) is 8.01. The van der Waals surface area contributed by atoms with E-state index < -0.39 is 0 Å². The molecule has 4 heteroatoms. The highest BCUT2D eigenvalue weighted by Gasteiger charge is 2.25. The van der Waals surface area contributed by atoms with Gasteiger partial charge in [0.25, 0.3) is 0 Å². The maximum Gasteiger partial charge on any atom is 0.148 e. The zero-order chi connectivity index (χ0) is 14.6. The van der Waals surface area contributed by atoms with Gasteiger partial charge in [-0.05, 0) is 38.2 Å². The fourth-order valence-corrected chi connectivity index (χ4v) is 3.16. The lowest BCUT2D eigenvalue weighted by Gasteiger charge is -2.30. The average molecular weight is 289 g/mol. The number of nitrogens with zero attached hydrogens (tertiary/aromatic N) is 2. The Morgan fingerprint density at radius 3 is 2.25 bits per heavy atom. The Bertz CT molecular complexity index is 571. The van der Waals surface area contributed by atoms with E-state index in [0.29, 0.717) is 0 Å². The molecule has 0 bridgehead atoms. The van der Waals surface area contributed by atoms with E-state index >= 15 is 0 Å². The van der Waals surface area contributed by atoms with Crippen molar-refractivity contribution in [3.63, 3.8) is 0 Å². The van der Waals surface area contributed by atoms with Gasteiger partial charge in [-0.15, -0.1) is 0 Å². The molecule has 1 N–H and O–H groups in total. The first-order valence-electron chi connectivity index (χ1n) is 7.16. The van der Waals surface area contributed by atoms with Crippen molar-refractivity contribution in [2.75, 3.05) is 18.1 Å². The summed E-state index contributed by atoms with van der Waals surface area (Å²) < 4.78 is 0.278. The Kier molecular flexibility index (Phi) is 4.86. The number of aryl methyl sites for hydroxylation is 1. The molecule has 0 spiro atoms. The van der Waals surface area contributed by atoms with E-state index in [0.717, 1.165) is 41.9 Å². The Hall–Kier alpha value is -1.29. The maximum absolute atomic E-state index is 4.70. The zero-order valence-electron chi connectivity index (χ0n) is 12.7. The molecule has 0 fully saturated rings. The lowest BCUT2D eigenvalue weighted by Crippen LogP contribution is -2.32. The second-order valence-electron chi connectivity index (χ2n) is 5.09. The number of benzene rings is 1. The SMILES string of the molecule is CCC(CC)(CNc1nc2ccccc2nc1C)SC. The van der Waals surface area contributed by atoms with Crippen molar-refractivity contribution in [2.45, 2.75) is 38.4 Å². The van der Waals surface area contributed by atoms with Gasteiger partial charge in [-0.1, -0.05) is 26.0 Å². The van der Waals surface area contributed by atoms with Gasteiger partial charge in [-0.2, -0.15) is 11.8 Å². The van der Waals surface area contributed by atoms with Crippen LogP contribution in [0.2, 0.25) is 0 Å². The molecular formula is C16H23N3S. The molecule has 3 nitrogen and oxygen atoms in total. The topological polar surface area (TPSA) is 37.8 Å². The molecule has 1 heterocycles. The molecular weight excluding hydrogens is 266 g/mol. The summed E-state index contributed by atoms with van der Waals surface area (Å²) in [6.07, 6.45) is 4.49. The van der Waals surface area contributed by atoms with E-state index in [4.69, 9.17) is 4.98 Å². The second-order valence-corrected chi connectivity index (χ2v) is 6.37. The summed E-state index contributed by atoms with van der Waals surface area (Å²) in [4.78, 5) is 9.32. The fraction of sp³-hybridized carbons (Fsp3) is 0.500. The molecule has 0 unspecified atom stereocenters. The molecule has 1 aromatic carbocycles. The Balaban J connectivity index is 2.23. The Labute approximate surface area is 125 Å². The van der Waals surface area contributed by atoms with Gasteiger partial charge in [0.05, 0.1) is 16.7 Å². The van der Waals surface area contributed by atoms with Crippen LogP contribution in [-0.2, 0) is 0 Å². The highest BCUT2D eigenvalue weighted by atomic mass is 32.2. The highest BCUT2D eigenvalue weighted by Crippen LogP contribution is 2.30.